The number of benzene rings is 1. The molecule has 1 heterocycles. The van der Waals surface area contributed by atoms with Crippen molar-refractivity contribution in [2.45, 2.75) is 12.8 Å². The summed E-state index contributed by atoms with van der Waals surface area (Å²) in [4.78, 5) is 21.0. The molecule has 0 aliphatic carbocycles. The van der Waals surface area contributed by atoms with Crippen molar-refractivity contribution in [3.05, 3.63) is 33.9 Å². The van der Waals surface area contributed by atoms with Gasteiger partial charge in [0.1, 0.15) is 6.29 Å². The third-order valence-electron chi connectivity index (χ3n) is 3.13. The number of carbonyl (C=O) groups excluding carboxylic acids is 1. The van der Waals surface area contributed by atoms with Crippen molar-refractivity contribution in [1.29, 1.82) is 0 Å². The molecule has 0 N–H and O–H groups in total. The monoisotopic (exact) mass is 265 g/mol. The summed E-state index contributed by atoms with van der Waals surface area (Å²) >= 11 is 0. The number of aldehydes is 1. The standard InChI is InChI=1S/C13H15NO5/c15-8-11-1-2-13(12(7-11)14(16)17)19-9-10-3-5-18-6-4-10/h1-2,7-8,10H,3-6,9H2. The summed E-state index contributed by atoms with van der Waals surface area (Å²) in [6.07, 6.45) is 2.38. The Morgan fingerprint density at radius 2 is 2.16 bits per heavy atom. The van der Waals surface area contributed by atoms with E-state index in [0.717, 1.165) is 12.8 Å². The lowest BCUT2D eigenvalue weighted by atomic mass is 10.0. The van der Waals surface area contributed by atoms with Crippen LogP contribution in [-0.2, 0) is 4.74 Å². The highest BCUT2D eigenvalue weighted by molar-refractivity contribution is 5.77. The van der Waals surface area contributed by atoms with Crippen LogP contribution in [0.1, 0.15) is 23.2 Å². The lowest BCUT2D eigenvalue weighted by Crippen LogP contribution is -2.21. The van der Waals surface area contributed by atoms with Crippen molar-refractivity contribution in [2.24, 2.45) is 5.92 Å². The average Bonchev–Trinajstić information content (AvgIpc) is 2.46. The summed E-state index contributed by atoms with van der Waals surface area (Å²) in [6.45, 7) is 1.85. The zero-order chi connectivity index (χ0) is 13.7. The first kappa shape index (κ1) is 13.5. The summed E-state index contributed by atoms with van der Waals surface area (Å²) in [5.74, 6) is 0.571. The van der Waals surface area contributed by atoms with E-state index in [-0.39, 0.29) is 17.0 Å². The van der Waals surface area contributed by atoms with Crippen molar-refractivity contribution in [1.82, 2.24) is 0 Å². The van der Waals surface area contributed by atoms with Crippen LogP contribution in [-0.4, -0.2) is 31.0 Å². The molecule has 1 aliphatic heterocycles. The van der Waals surface area contributed by atoms with Crippen LogP contribution in [0.25, 0.3) is 0 Å². The fourth-order valence-corrected chi connectivity index (χ4v) is 1.99. The van der Waals surface area contributed by atoms with Gasteiger partial charge in [0.25, 0.3) is 0 Å². The predicted octanol–water partition coefficient (Wildman–Crippen LogP) is 2.21. The summed E-state index contributed by atoms with van der Waals surface area (Å²) in [5.41, 5.74) is 0.0989. The quantitative estimate of drug-likeness (QED) is 0.463. The van der Waals surface area contributed by atoms with Crippen LogP contribution in [0.2, 0.25) is 0 Å². The van der Waals surface area contributed by atoms with E-state index in [9.17, 15) is 14.9 Å². The smallest absolute Gasteiger partial charge is 0.311 e. The van der Waals surface area contributed by atoms with Crippen LogP contribution in [0.15, 0.2) is 18.2 Å². The number of nitrogens with zero attached hydrogens (tertiary/aromatic N) is 1. The van der Waals surface area contributed by atoms with Crippen LogP contribution < -0.4 is 4.74 Å². The first-order valence-corrected chi connectivity index (χ1v) is 6.15. The molecule has 19 heavy (non-hydrogen) atoms. The Kier molecular flexibility index (Phi) is 4.46. The van der Waals surface area contributed by atoms with Crippen LogP contribution in [0, 0.1) is 16.0 Å². The molecule has 0 amide bonds. The molecule has 2 rings (SSSR count). The molecule has 1 aliphatic rings. The van der Waals surface area contributed by atoms with Gasteiger partial charge in [-0.15, -0.1) is 0 Å². The van der Waals surface area contributed by atoms with Gasteiger partial charge in [0.2, 0.25) is 0 Å². The SMILES string of the molecule is O=Cc1ccc(OCC2CCOCC2)c([N+](=O)[O-])c1. The summed E-state index contributed by atoms with van der Waals surface area (Å²) in [5, 5.41) is 10.9. The maximum absolute atomic E-state index is 10.9. The van der Waals surface area contributed by atoms with Crippen molar-refractivity contribution >= 4 is 12.0 Å². The largest absolute Gasteiger partial charge is 0.487 e. The van der Waals surface area contributed by atoms with Crippen molar-refractivity contribution in [3.63, 3.8) is 0 Å². The van der Waals surface area contributed by atoms with Gasteiger partial charge < -0.3 is 9.47 Å². The molecule has 1 aromatic carbocycles. The number of hydrogen-bond acceptors (Lipinski definition) is 5. The molecule has 0 saturated carbocycles. The van der Waals surface area contributed by atoms with E-state index in [1.807, 2.05) is 0 Å². The number of hydrogen-bond donors (Lipinski definition) is 0. The number of nitro groups is 1. The lowest BCUT2D eigenvalue weighted by Gasteiger charge is -2.21. The van der Waals surface area contributed by atoms with Crippen LogP contribution in [0.5, 0.6) is 5.75 Å². The second-order valence-corrected chi connectivity index (χ2v) is 4.47. The van der Waals surface area contributed by atoms with Gasteiger partial charge in [-0.25, -0.2) is 0 Å². The molecule has 0 unspecified atom stereocenters. The normalized spacial score (nSPS) is 16.0. The maximum Gasteiger partial charge on any atom is 0.311 e. The van der Waals surface area contributed by atoms with E-state index < -0.39 is 4.92 Å². The Morgan fingerprint density at radius 1 is 1.42 bits per heavy atom. The van der Waals surface area contributed by atoms with E-state index in [0.29, 0.717) is 32.0 Å². The third kappa shape index (κ3) is 3.51. The first-order valence-electron chi connectivity index (χ1n) is 6.15. The van der Waals surface area contributed by atoms with Gasteiger partial charge in [0, 0.05) is 24.8 Å². The highest BCUT2D eigenvalue weighted by Gasteiger charge is 2.19. The van der Waals surface area contributed by atoms with Gasteiger partial charge in [-0.05, 0) is 30.9 Å². The van der Waals surface area contributed by atoms with Gasteiger partial charge >= 0.3 is 5.69 Å². The average molecular weight is 265 g/mol. The number of rotatable bonds is 5. The van der Waals surface area contributed by atoms with E-state index in [1.54, 1.807) is 0 Å². The van der Waals surface area contributed by atoms with Gasteiger partial charge in [0.15, 0.2) is 5.75 Å². The van der Waals surface area contributed by atoms with Gasteiger partial charge in [0.05, 0.1) is 11.5 Å². The number of ether oxygens (including phenoxy) is 2. The molecule has 0 aromatic heterocycles. The van der Waals surface area contributed by atoms with E-state index in [4.69, 9.17) is 9.47 Å². The molecule has 0 spiro atoms. The highest BCUT2D eigenvalue weighted by atomic mass is 16.6. The zero-order valence-electron chi connectivity index (χ0n) is 10.4. The molecule has 1 fully saturated rings. The molecular weight excluding hydrogens is 250 g/mol. The van der Waals surface area contributed by atoms with Crippen LogP contribution in [0.4, 0.5) is 5.69 Å². The molecule has 1 saturated heterocycles. The molecule has 0 radical (unpaired) electrons. The van der Waals surface area contributed by atoms with Crippen molar-refractivity contribution in [3.8, 4) is 5.75 Å². The fourth-order valence-electron chi connectivity index (χ4n) is 1.99. The van der Waals surface area contributed by atoms with E-state index in [2.05, 4.69) is 0 Å². The number of nitro benzene ring substituents is 1. The minimum absolute atomic E-state index is 0.170. The summed E-state index contributed by atoms with van der Waals surface area (Å²) in [6, 6.07) is 4.22. The van der Waals surface area contributed by atoms with Crippen LogP contribution in [0.3, 0.4) is 0 Å². The van der Waals surface area contributed by atoms with Gasteiger partial charge in [-0.3, -0.25) is 14.9 Å². The molecule has 0 atom stereocenters. The lowest BCUT2D eigenvalue weighted by molar-refractivity contribution is -0.385. The Hall–Kier alpha value is -1.95. The van der Waals surface area contributed by atoms with Crippen molar-refractivity contribution < 1.29 is 19.2 Å². The minimum atomic E-state index is -0.535. The minimum Gasteiger partial charge on any atom is -0.487 e. The molecule has 6 heteroatoms. The fraction of sp³-hybridized carbons (Fsp3) is 0.462. The summed E-state index contributed by atoms with van der Waals surface area (Å²) < 4.78 is 10.8. The van der Waals surface area contributed by atoms with Gasteiger partial charge in [-0.2, -0.15) is 0 Å². The second kappa shape index (κ2) is 6.29. The van der Waals surface area contributed by atoms with E-state index >= 15 is 0 Å². The summed E-state index contributed by atoms with van der Waals surface area (Å²) in [7, 11) is 0. The topological polar surface area (TPSA) is 78.7 Å². The maximum atomic E-state index is 10.9. The molecule has 0 bridgehead atoms. The molecule has 1 aromatic rings. The van der Waals surface area contributed by atoms with E-state index in [1.165, 1.54) is 18.2 Å². The third-order valence-corrected chi connectivity index (χ3v) is 3.13. The Balaban J connectivity index is 2.06. The predicted molar refractivity (Wildman–Crippen MR) is 67.5 cm³/mol. The Morgan fingerprint density at radius 3 is 2.79 bits per heavy atom. The first-order chi connectivity index (χ1) is 9.20. The Bertz CT molecular complexity index is 468. The second-order valence-electron chi connectivity index (χ2n) is 4.47. The highest BCUT2D eigenvalue weighted by Crippen LogP contribution is 2.28. The molecule has 6 nitrogen and oxygen atoms in total. The van der Waals surface area contributed by atoms with Gasteiger partial charge in [-0.1, -0.05) is 0 Å². The number of carbonyl (C=O) groups is 1. The molecular formula is C13H15NO5. The molecule has 102 valence electrons. The zero-order valence-corrected chi connectivity index (χ0v) is 10.4. The van der Waals surface area contributed by atoms with Crippen LogP contribution >= 0.6 is 0 Å². The van der Waals surface area contributed by atoms with Crippen molar-refractivity contribution in [2.75, 3.05) is 19.8 Å². The Labute approximate surface area is 110 Å².